The van der Waals surface area contributed by atoms with Gasteiger partial charge in [-0.25, -0.2) is 9.13 Å². The normalized spacial score (nSPS) is 15.0. The van der Waals surface area contributed by atoms with E-state index in [1.807, 2.05) is 12.2 Å². The van der Waals surface area contributed by atoms with Gasteiger partial charge in [-0.3, -0.25) is 32.5 Å². The SMILES string of the molecule is CC/C=C\C/C=C\C/C=C\C/C=C\C/C=C\C/C=C\CCCCCCCCCCCCCCCCCCC(=O)OCC(O)COP(=O)(O)OCC(O)COP(=O)(O)OCC(COC(=O)CCCC/C=C\C/C=C\C/C=C\C/C=C\C/C=C\C/C=C\CC)OC(=O)CCC/C=C\C/C=C\C/C=C\C/C=C\C/C=C\CC. The molecule has 0 saturated heterocycles. The maximum Gasteiger partial charge on any atom is 0.472 e. The summed E-state index contributed by atoms with van der Waals surface area (Å²) < 4.78 is 61.1. The number of unbranched alkanes of at least 4 members (excludes halogenated alkanes) is 19. The maximum absolute atomic E-state index is 13.0. The van der Waals surface area contributed by atoms with Gasteiger partial charge in [0.1, 0.15) is 25.4 Å². The van der Waals surface area contributed by atoms with Gasteiger partial charge in [-0.2, -0.15) is 0 Å². The Hall–Kier alpha value is -5.87. The smallest absolute Gasteiger partial charge is 0.463 e. The number of carbonyl (C=O) groups is 3. The first-order chi connectivity index (χ1) is 53.2. The summed E-state index contributed by atoms with van der Waals surface area (Å²) in [6.07, 6.45) is 109. The molecule has 109 heavy (non-hydrogen) atoms. The molecule has 16 nitrogen and oxygen atoms in total. The molecule has 0 aliphatic carbocycles. The first-order valence-corrected chi connectivity index (χ1v) is 44.4. The number of phosphoric ester groups is 2. The monoisotopic (exact) mass is 1560 g/mol. The fraction of sp³-hybridized carbons (Fsp3) is 0.593. The van der Waals surface area contributed by atoms with E-state index in [1.54, 1.807) is 0 Å². The van der Waals surface area contributed by atoms with Gasteiger partial charge in [-0.1, -0.05) is 317 Å². The van der Waals surface area contributed by atoms with Crippen molar-refractivity contribution in [3.8, 4) is 0 Å². The molecule has 0 heterocycles. The lowest BCUT2D eigenvalue weighted by Gasteiger charge is -2.21. The Kier molecular flexibility index (Phi) is 77.2. The van der Waals surface area contributed by atoms with Crippen LogP contribution in [0.5, 0.6) is 0 Å². The summed E-state index contributed by atoms with van der Waals surface area (Å²) in [5.41, 5.74) is 0. The highest BCUT2D eigenvalue weighted by Crippen LogP contribution is 2.45. The minimum atomic E-state index is -4.97. The molecule has 0 amide bonds. The van der Waals surface area contributed by atoms with E-state index in [9.17, 15) is 43.5 Å². The van der Waals surface area contributed by atoms with Crippen molar-refractivity contribution >= 4 is 33.6 Å². The molecule has 0 aromatic rings. The van der Waals surface area contributed by atoms with Crippen LogP contribution >= 0.6 is 15.6 Å². The summed E-state index contributed by atoms with van der Waals surface area (Å²) in [5.74, 6) is -1.71. The number of ether oxygens (including phenoxy) is 3. The Morgan fingerprint density at radius 3 is 0.771 bits per heavy atom. The lowest BCUT2D eigenvalue weighted by atomic mass is 10.0. The molecule has 0 aromatic heterocycles. The van der Waals surface area contributed by atoms with Crippen LogP contribution in [0, 0.1) is 0 Å². The van der Waals surface area contributed by atoms with E-state index >= 15 is 0 Å². The van der Waals surface area contributed by atoms with Gasteiger partial charge in [-0.15, -0.1) is 0 Å². The standard InChI is InChI=1S/C91H146O16P2/c1-4-7-10-13-16-19-22-25-28-31-33-35-36-37-38-39-40-41-42-43-44-45-46-47-48-50-52-54-56-59-62-65-68-71-74-77-89(94)101-80-86(92)81-103-108(97,98)104-82-87(93)83-105-109(99,100)106-85-88(107-91(96)79-76-73-70-67-64-61-58-53-30-27-24-21-18-15-12-9-6-3)84-102-90(95)78-75-72-69-66-63-60-57-55-51-49-34-32-29-26-23-20-17-14-11-8-5-2/h7-12,16-21,25-30,33-35,37-38,40-41,49,55,57-58,61,63,66-67,70,86-88,92-93H,4-6,13-15,22-24,31-32,36,39,42-48,50-54,56,59-60,62,64-65,68-69,71-85H2,1-3H3,(H,97,98)(H,99,100)/b10-7-,11-8-,12-9-,19-16-,20-17-,21-18-,28-25-,29-26-,30-27-,35-33-,38-37-,41-40-,49-34-,57-55-,61-58-,66-63-,70-67-. The van der Waals surface area contributed by atoms with Crippen LogP contribution in [0.2, 0.25) is 0 Å². The zero-order valence-electron chi connectivity index (χ0n) is 67.4. The van der Waals surface area contributed by atoms with E-state index in [4.69, 9.17) is 32.3 Å². The van der Waals surface area contributed by atoms with Crippen molar-refractivity contribution in [2.45, 2.75) is 309 Å². The van der Waals surface area contributed by atoms with Gasteiger partial charge >= 0.3 is 33.6 Å². The summed E-state index contributed by atoms with van der Waals surface area (Å²) in [5, 5.41) is 20.7. The van der Waals surface area contributed by atoms with Gasteiger partial charge in [0.2, 0.25) is 0 Å². The van der Waals surface area contributed by atoms with Gasteiger partial charge < -0.3 is 34.2 Å². The van der Waals surface area contributed by atoms with Gasteiger partial charge in [0.25, 0.3) is 0 Å². The number of aliphatic hydroxyl groups is 2. The van der Waals surface area contributed by atoms with Crippen LogP contribution in [0.15, 0.2) is 207 Å². The molecule has 616 valence electrons. The Balaban J connectivity index is 4.55. The molecule has 0 saturated carbocycles. The number of hydrogen-bond donors (Lipinski definition) is 4. The third kappa shape index (κ3) is 82.9. The number of rotatable bonds is 76. The van der Waals surface area contributed by atoms with Gasteiger partial charge in [-0.05, 0) is 161 Å². The van der Waals surface area contributed by atoms with Crippen molar-refractivity contribution < 1.29 is 75.8 Å². The molecule has 0 fully saturated rings. The minimum absolute atomic E-state index is 0.00848. The number of esters is 3. The van der Waals surface area contributed by atoms with Crippen molar-refractivity contribution in [2.75, 3.05) is 39.6 Å². The average molecular weight is 1560 g/mol. The molecular weight excluding hydrogens is 1410 g/mol. The highest BCUT2D eigenvalue weighted by Gasteiger charge is 2.29. The molecule has 0 aliphatic heterocycles. The fourth-order valence-corrected chi connectivity index (χ4v) is 11.9. The summed E-state index contributed by atoms with van der Waals surface area (Å²) in [4.78, 5) is 58.7. The molecule has 4 N–H and O–H groups in total. The lowest BCUT2D eigenvalue weighted by molar-refractivity contribution is -0.161. The molecule has 5 unspecified atom stereocenters. The summed E-state index contributed by atoms with van der Waals surface area (Å²) >= 11 is 0. The highest BCUT2D eigenvalue weighted by atomic mass is 31.2. The van der Waals surface area contributed by atoms with E-state index in [0.717, 1.165) is 141 Å². The lowest BCUT2D eigenvalue weighted by Crippen LogP contribution is -2.30. The van der Waals surface area contributed by atoms with Crippen molar-refractivity contribution in [1.29, 1.82) is 0 Å². The topological polar surface area (TPSA) is 231 Å². The van der Waals surface area contributed by atoms with Gasteiger partial charge in [0.05, 0.1) is 26.4 Å². The predicted molar refractivity (Wildman–Crippen MR) is 454 cm³/mol. The average Bonchev–Trinajstić information content (AvgIpc) is 0.912. The third-order valence-electron chi connectivity index (χ3n) is 16.5. The molecular formula is C91H146O16P2. The van der Waals surface area contributed by atoms with Gasteiger partial charge in [0, 0.05) is 19.3 Å². The van der Waals surface area contributed by atoms with Crippen molar-refractivity contribution in [3.05, 3.63) is 207 Å². The number of allylic oxidation sites excluding steroid dienone is 34. The largest absolute Gasteiger partial charge is 0.472 e. The second-order valence-corrected chi connectivity index (χ2v) is 29.7. The minimum Gasteiger partial charge on any atom is -0.463 e. The zero-order chi connectivity index (χ0) is 79.4. The molecule has 0 spiro atoms. The van der Waals surface area contributed by atoms with Crippen LogP contribution in [-0.2, 0) is 55.8 Å². The third-order valence-corrected chi connectivity index (χ3v) is 18.4. The van der Waals surface area contributed by atoms with Crippen LogP contribution < -0.4 is 0 Å². The molecule has 0 aromatic carbocycles. The van der Waals surface area contributed by atoms with E-state index in [2.05, 4.69) is 215 Å². The Labute approximate surface area is 660 Å². The number of phosphoric acid groups is 2. The predicted octanol–water partition coefficient (Wildman–Crippen LogP) is 24.9. The molecule has 0 rings (SSSR count). The van der Waals surface area contributed by atoms with Crippen LogP contribution in [0.25, 0.3) is 0 Å². The molecule has 18 heteroatoms. The Bertz CT molecular complexity index is 2810. The first kappa shape index (κ1) is 103. The molecule has 0 aliphatic rings. The van der Waals surface area contributed by atoms with E-state index < -0.39 is 91.5 Å². The fourth-order valence-electron chi connectivity index (χ4n) is 10.3. The number of carbonyl (C=O) groups excluding carboxylic acids is 3. The van der Waals surface area contributed by atoms with Crippen LogP contribution in [0.3, 0.4) is 0 Å². The summed E-state index contributed by atoms with van der Waals surface area (Å²) in [6, 6.07) is 0. The number of aliphatic hydroxyl groups excluding tert-OH is 2. The molecule has 0 bridgehead atoms. The van der Waals surface area contributed by atoms with Crippen LogP contribution in [-0.4, -0.2) is 95.9 Å². The van der Waals surface area contributed by atoms with E-state index in [1.165, 1.54) is 83.5 Å². The second-order valence-electron chi connectivity index (χ2n) is 26.8. The second kappa shape index (κ2) is 81.6. The van der Waals surface area contributed by atoms with Crippen LogP contribution in [0.1, 0.15) is 290 Å². The van der Waals surface area contributed by atoms with Gasteiger partial charge in [0.15, 0.2) is 6.10 Å². The number of hydrogen-bond acceptors (Lipinski definition) is 14. The van der Waals surface area contributed by atoms with E-state index in [-0.39, 0.29) is 19.3 Å². The molecule has 0 radical (unpaired) electrons. The first-order valence-electron chi connectivity index (χ1n) is 41.4. The van der Waals surface area contributed by atoms with Crippen molar-refractivity contribution in [3.63, 3.8) is 0 Å². The quantitative estimate of drug-likeness (QED) is 0.0146. The van der Waals surface area contributed by atoms with Crippen molar-refractivity contribution in [1.82, 2.24) is 0 Å². The highest BCUT2D eigenvalue weighted by molar-refractivity contribution is 7.47. The van der Waals surface area contributed by atoms with Crippen LogP contribution in [0.4, 0.5) is 0 Å². The summed E-state index contributed by atoms with van der Waals surface area (Å²) in [7, 11) is -9.84. The Morgan fingerprint density at radius 1 is 0.257 bits per heavy atom. The Morgan fingerprint density at radius 2 is 0.468 bits per heavy atom. The zero-order valence-corrected chi connectivity index (χ0v) is 69.2. The van der Waals surface area contributed by atoms with Crippen molar-refractivity contribution in [2.24, 2.45) is 0 Å². The van der Waals surface area contributed by atoms with E-state index in [0.29, 0.717) is 25.7 Å². The molecule has 5 atom stereocenters. The summed E-state index contributed by atoms with van der Waals surface area (Å²) in [6.45, 7) is 2.20. The maximum atomic E-state index is 13.0.